The first kappa shape index (κ1) is 37.6. The van der Waals surface area contributed by atoms with Crippen LogP contribution in [-0.2, 0) is 44.3 Å². The topological polar surface area (TPSA) is 0 Å². The van der Waals surface area contributed by atoms with Gasteiger partial charge < -0.3 is 0 Å². The third-order valence-corrected chi connectivity index (χ3v) is 9.08. The van der Waals surface area contributed by atoms with Crippen molar-refractivity contribution in [2.24, 2.45) is 0 Å². The highest BCUT2D eigenvalue weighted by Gasteiger charge is 2.39. The van der Waals surface area contributed by atoms with Gasteiger partial charge in [0.1, 0.15) is 0 Å². The zero-order chi connectivity index (χ0) is 34.1. The molecule has 0 heteroatoms. The van der Waals surface area contributed by atoms with E-state index >= 15 is 0 Å². The highest BCUT2D eigenvalue weighted by molar-refractivity contribution is 5.58. The molecule has 0 fully saturated rings. The van der Waals surface area contributed by atoms with Gasteiger partial charge in [-0.2, -0.15) is 0 Å². The van der Waals surface area contributed by atoms with Crippen LogP contribution in [-0.4, -0.2) is 0 Å². The maximum Gasteiger partial charge on any atom is -0.0126 e. The molecule has 0 amide bonds. The molecule has 2 rings (SSSR count). The fourth-order valence-corrected chi connectivity index (χ4v) is 7.25. The van der Waals surface area contributed by atoms with Gasteiger partial charge in [-0.3, -0.25) is 0 Å². The summed E-state index contributed by atoms with van der Waals surface area (Å²) in [5, 5.41) is 0. The molecule has 0 N–H and O–H groups in total. The summed E-state index contributed by atoms with van der Waals surface area (Å²) in [7, 11) is 0. The van der Waals surface area contributed by atoms with Gasteiger partial charge in [-0.15, -0.1) is 0 Å². The molecule has 0 bridgehead atoms. The Bertz CT molecular complexity index is 1260. The SMILES string of the molecule is CC(Cc1cc(C(C)(C)C)c(C(C)(C)C)c(C(C)(C)C)c1)c1c(C(C)(C)C)cc(C(C)(C)C)c(C(C)(C)C)c1C(C)(C)C. The highest BCUT2D eigenvalue weighted by Crippen LogP contribution is 2.49. The Hall–Kier alpha value is -1.56. The predicted molar refractivity (Wildman–Crippen MR) is 196 cm³/mol. The van der Waals surface area contributed by atoms with Gasteiger partial charge in [-0.25, -0.2) is 0 Å². The molecule has 0 heterocycles. The summed E-state index contributed by atoms with van der Waals surface area (Å²) in [6.45, 7) is 53.1. The molecular formula is C43H72. The lowest BCUT2D eigenvalue weighted by Gasteiger charge is -2.42. The van der Waals surface area contributed by atoms with Crippen LogP contribution in [0.2, 0.25) is 0 Å². The molecule has 2 aromatic carbocycles. The number of hydrogen-bond acceptors (Lipinski definition) is 0. The Kier molecular flexibility index (Phi) is 9.93. The molecule has 0 aliphatic rings. The summed E-state index contributed by atoms with van der Waals surface area (Å²) in [4.78, 5) is 0. The third-order valence-electron chi connectivity index (χ3n) is 9.08. The highest BCUT2D eigenvalue weighted by atomic mass is 14.4. The molecule has 0 aliphatic heterocycles. The van der Waals surface area contributed by atoms with E-state index in [0.717, 1.165) is 6.42 Å². The second-order valence-electron chi connectivity index (χ2n) is 21.1. The van der Waals surface area contributed by atoms with Crippen molar-refractivity contribution >= 4 is 0 Å². The normalized spacial score (nSPS) is 15.2. The lowest BCUT2D eigenvalue weighted by Crippen LogP contribution is -2.33. The molecule has 0 aliphatic carbocycles. The predicted octanol–water partition coefficient (Wildman–Crippen LogP) is 13.1. The standard InChI is InChI=1S/C43H72/c1-27(23-28-24-30(38(5,6)7)34(41(14,15)16)31(25-28)39(8,9)10)33-29(37(2,3)4)26-32(40(11,12)13)35(42(17,18)19)36(33)43(20,21)22/h24-27H,23H2,1-22H3. The average Bonchev–Trinajstić information content (AvgIpc) is 2.72. The van der Waals surface area contributed by atoms with Gasteiger partial charge in [0, 0.05) is 0 Å². The molecule has 0 saturated carbocycles. The van der Waals surface area contributed by atoms with Crippen molar-refractivity contribution in [3.63, 3.8) is 0 Å². The largest absolute Gasteiger partial charge is 0.0581 e. The molecule has 43 heavy (non-hydrogen) atoms. The Morgan fingerprint density at radius 2 is 0.674 bits per heavy atom. The molecule has 0 spiro atoms. The molecule has 244 valence electrons. The van der Waals surface area contributed by atoms with E-state index in [9.17, 15) is 0 Å². The first-order valence-corrected chi connectivity index (χ1v) is 17.1. The van der Waals surface area contributed by atoms with Crippen LogP contribution in [0, 0.1) is 0 Å². The number of rotatable bonds is 3. The van der Waals surface area contributed by atoms with Crippen LogP contribution in [0.3, 0.4) is 0 Å². The fraction of sp³-hybridized carbons (Fsp3) is 0.721. The molecule has 0 nitrogen and oxygen atoms in total. The summed E-state index contributed by atoms with van der Waals surface area (Å²) in [6, 6.07) is 7.77. The zero-order valence-electron chi connectivity index (χ0n) is 33.0. The van der Waals surface area contributed by atoms with E-state index in [2.05, 4.69) is 171 Å². The second-order valence-corrected chi connectivity index (χ2v) is 21.1. The van der Waals surface area contributed by atoms with E-state index < -0.39 is 0 Å². The van der Waals surface area contributed by atoms with Crippen LogP contribution in [0.25, 0.3) is 0 Å². The fourth-order valence-electron chi connectivity index (χ4n) is 7.25. The maximum absolute atomic E-state index is 2.62. The minimum atomic E-state index is 0.0245. The van der Waals surface area contributed by atoms with E-state index in [4.69, 9.17) is 0 Å². The van der Waals surface area contributed by atoms with Crippen LogP contribution in [0.1, 0.15) is 208 Å². The Morgan fingerprint density at radius 3 is 0.953 bits per heavy atom. The summed E-state index contributed by atoms with van der Waals surface area (Å²) < 4.78 is 0. The minimum absolute atomic E-state index is 0.0245. The summed E-state index contributed by atoms with van der Waals surface area (Å²) >= 11 is 0. The minimum Gasteiger partial charge on any atom is -0.0581 e. The quantitative estimate of drug-likeness (QED) is 0.334. The van der Waals surface area contributed by atoms with Gasteiger partial charge in [0.2, 0.25) is 0 Å². The molecule has 2 aromatic rings. The first-order chi connectivity index (χ1) is 18.7. The van der Waals surface area contributed by atoms with E-state index in [-0.39, 0.29) is 37.9 Å². The molecule has 1 unspecified atom stereocenters. The molecule has 0 aromatic heterocycles. The summed E-state index contributed by atoms with van der Waals surface area (Å²) in [6.07, 6.45) is 1.04. The van der Waals surface area contributed by atoms with Crippen molar-refractivity contribution < 1.29 is 0 Å². The van der Waals surface area contributed by atoms with Crippen LogP contribution < -0.4 is 0 Å². The van der Waals surface area contributed by atoms with Gasteiger partial charge >= 0.3 is 0 Å². The van der Waals surface area contributed by atoms with Crippen LogP contribution in [0.15, 0.2) is 18.2 Å². The molecular weight excluding hydrogens is 516 g/mol. The molecule has 0 radical (unpaired) electrons. The summed E-state index contributed by atoms with van der Waals surface area (Å²) in [5.41, 5.74) is 14.2. The summed E-state index contributed by atoms with van der Waals surface area (Å²) in [5.74, 6) is 0.389. The van der Waals surface area contributed by atoms with E-state index in [1.165, 1.54) is 27.8 Å². The number of hydrogen-bond donors (Lipinski definition) is 0. The van der Waals surface area contributed by atoms with Crippen LogP contribution in [0.4, 0.5) is 0 Å². The van der Waals surface area contributed by atoms with Gasteiger partial charge in [-0.05, 0) is 100 Å². The van der Waals surface area contributed by atoms with Crippen molar-refractivity contribution in [3.05, 3.63) is 68.3 Å². The third kappa shape index (κ3) is 8.38. The van der Waals surface area contributed by atoms with Crippen LogP contribution in [0.5, 0.6) is 0 Å². The van der Waals surface area contributed by atoms with Crippen molar-refractivity contribution in [3.8, 4) is 0 Å². The van der Waals surface area contributed by atoms with E-state index in [1.54, 1.807) is 22.3 Å². The van der Waals surface area contributed by atoms with Crippen molar-refractivity contribution in [1.82, 2.24) is 0 Å². The second kappa shape index (κ2) is 11.4. The Morgan fingerprint density at radius 1 is 0.372 bits per heavy atom. The monoisotopic (exact) mass is 589 g/mol. The van der Waals surface area contributed by atoms with Crippen molar-refractivity contribution in [2.45, 2.75) is 203 Å². The molecule has 1 atom stereocenters. The maximum atomic E-state index is 2.62. The number of benzene rings is 2. The first-order valence-electron chi connectivity index (χ1n) is 17.1. The lowest BCUT2D eigenvalue weighted by atomic mass is 9.62. The smallest absolute Gasteiger partial charge is 0.0126 e. The average molecular weight is 589 g/mol. The zero-order valence-corrected chi connectivity index (χ0v) is 33.0. The molecule has 0 saturated heterocycles. The lowest BCUT2D eigenvalue weighted by molar-refractivity contribution is 0.478. The van der Waals surface area contributed by atoms with E-state index in [1.807, 2.05) is 0 Å². The van der Waals surface area contributed by atoms with Gasteiger partial charge in [0.15, 0.2) is 0 Å². The van der Waals surface area contributed by atoms with Crippen molar-refractivity contribution in [2.75, 3.05) is 0 Å². The Balaban J connectivity index is 3.12. The Labute approximate surface area is 270 Å². The van der Waals surface area contributed by atoms with Crippen LogP contribution >= 0.6 is 0 Å². The van der Waals surface area contributed by atoms with E-state index in [0.29, 0.717) is 5.92 Å². The van der Waals surface area contributed by atoms with Crippen molar-refractivity contribution in [1.29, 1.82) is 0 Å². The van der Waals surface area contributed by atoms with Gasteiger partial charge in [-0.1, -0.05) is 171 Å². The van der Waals surface area contributed by atoms with Gasteiger partial charge in [0.25, 0.3) is 0 Å². The van der Waals surface area contributed by atoms with Gasteiger partial charge in [0.05, 0.1) is 0 Å².